The quantitative estimate of drug-likeness (QED) is 0.847. The standard InChI is InChI=1S/C17H23N3/c1-17(2,16-4-3-9-19-12-16)13-20-11-15-7-5-14(10-18)6-8-15/h3-9,12,20H,10-11,13,18H2,1-2H3. The Labute approximate surface area is 121 Å². The summed E-state index contributed by atoms with van der Waals surface area (Å²) in [6.45, 7) is 6.84. The van der Waals surface area contributed by atoms with Crippen LogP contribution in [0.5, 0.6) is 0 Å². The van der Waals surface area contributed by atoms with Gasteiger partial charge in [-0.15, -0.1) is 0 Å². The Morgan fingerprint density at radius 1 is 1.10 bits per heavy atom. The summed E-state index contributed by atoms with van der Waals surface area (Å²) in [5, 5.41) is 3.52. The number of rotatable bonds is 6. The molecule has 0 fully saturated rings. The molecule has 0 atom stereocenters. The van der Waals surface area contributed by atoms with Crippen molar-refractivity contribution in [1.29, 1.82) is 0 Å². The third kappa shape index (κ3) is 3.89. The molecule has 0 aliphatic carbocycles. The van der Waals surface area contributed by atoms with Gasteiger partial charge < -0.3 is 11.1 Å². The molecule has 0 radical (unpaired) electrons. The average Bonchev–Trinajstić information content (AvgIpc) is 2.49. The van der Waals surface area contributed by atoms with Crippen LogP contribution in [0.1, 0.15) is 30.5 Å². The van der Waals surface area contributed by atoms with Crippen LogP contribution in [0.25, 0.3) is 0 Å². The van der Waals surface area contributed by atoms with Gasteiger partial charge in [-0.25, -0.2) is 0 Å². The van der Waals surface area contributed by atoms with Crippen LogP contribution in [0.3, 0.4) is 0 Å². The SMILES string of the molecule is CC(C)(CNCc1ccc(CN)cc1)c1cccnc1. The second-order valence-electron chi connectivity index (χ2n) is 5.75. The number of benzene rings is 1. The van der Waals surface area contributed by atoms with Crippen molar-refractivity contribution in [3.63, 3.8) is 0 Å². The fraction of sp³-hybridized carbons (Fsp3) is 0.353. The van der Waals surface area contributed by atoms with Crippen LogP contribution < -0.4 is 11.1 Å². The van der Waals surface area contributed by atoms with Crippen molar-refractivity contribution >= 4 is 0 Å². The molecule has 0 aliphatic rings. The van der Waals surface area contributed by atoms with Crippen LogP contribution in [0.15, 0.2) is 48.8 Å². The summed E-state index contributed by atoms with van der Waals surface area (Å²) >= 11 is 0. The minimum absolute atomic E-state index is 0.0749. The van der Waals surface area contributed by atoms with Gasteiger partial charge >= 0.3 is 0 Å². The molecule has 2 rings (SSSR count). The summed E-state index contributed by atoms with van der Waals surface area (Å²) in [7, 11) is 0. The van der Waals surface area contributed by atoms with E-state index in [1.807, 2.05) is 18.5 Å². The van der Waals surface area contributed by atoms with Crippen molar-refractivity contribution in [3.05, 3.63) is 65.5 Å². The van der Waals surface area contributed by atoms with E-state index in [0.29, 0.717) is 6.54 Å². The smallest absolute Gasteiger partial charge is 0.0305 e. The maximum atomic E-state index is 5.60. The molecule has 0 unspecified atom stereocenters. The van der Waals surface area contributed by atoms with Crippen LogP contribution in [0.4, 0.5) is 0 Å². The van der Waals surface area contributed by atoms with Crippen molar-refractivity contribution in [1.82, 2.24) is 10.3 Å². The topological polar surface area (TPSA) is 50.9 Å². The Bertz CT molecular complexity index is 518. The number of nitrogens with zero attached hydrogens (tertiary/aromatic N) is 1. The van der Waals surface area contributed by atoms with Crippen molar-refractivity contribution in [3.8, 4) is 0 Å². The lowest BCUT2D eigenvalue weighted by Crippen LogP contribution is -2.32. The van der Waals surface area contributed by atoms with E-state index >= 15 is 0 Å². The third-order valence-corrected chi connectivity index (χ3v) is 3.60. The summed E-state index contributed by atoms with van der Waals surface area (Å²) in [5.41, 5.74) is 9.38. The number of hydrogen-bond donors (Lipinski definition) is 2. The van der Waals surface area contributed by atoms with E-state index in [1.54, 1.807) is 0 Å². The van der Waals surface area contributed by atoms with E-state index in [2.05, 4.69) is 54.5 Å². The van der Waals surface area contributed by atoms with Gasteiger partial charge in [-0.1, -0.05) is 44.2 Å². The Balaban J connectivity index is 1.88. The van der Waals surface area contributed by atoms with E-state index < -0.39 is 0 Å². The molecule has 106 valence electrons. The number of pyridine rings is 1. The van der Waals surface area contributed by atoms with Crippen LogP contribution >= 0.6 is 0 Å². The summed E-state index contributed by atoms with van der Waals surface area (Å²) in [5.74, 6) is 0. The number of hydrogen-bond acceptors (Lipinski definition) is 3. The molecule has 1 aromatic carbocycles. The molecule has 3 heteroatoms. The maximum Gasteiger partial charge on any atom is 0.0305 e. The van der Waals surface area contributed by atoms with Gasteiger partial charge in [0.2, 0.25) is 0 Å². The Hall–Kier alpha value is -1.71. The zero-order valence-electron chi connectivity index (χ0n) is 12.3. The first kappa shape index (κ1) is 14.7. The summed E-state index contributed by atoms with van der Waals surface area (Å²) in [4.78, 5) is 4.20. The van der Waals surface area contributed by atoms with Gasteiger partial charge in [0.05, 0.1) is 0 Å². The predicted octanol–water partition coefficient (Wildman–Crippen LogP) is 2.61. The Morgan fingerprint density at radius 3 is 2.40 bits per heavy atom. The van der Waals surface area contributed by atoms with Crippen molar-refractivity contribution in [2.75, 3.05) is 6.54 Å². The van der Waals surface area contributed by atoms with Crippen molar-refractivity contribution in [2.24, 2.45) is 5.73 Å². The van der Waals surface area contributed by atoms with Crippen LogP contribution in [0.2, 0.25) is 0 Å². The lowest BCUT2D eigenvalue weighted by Gasteiger charge is -2.25. The molecular weight excluding hydrogens is 246 g/mol. The first-order valence-corrected chi connectivity index (χ1v) is 7.01. The molecule has 1 aromatic heterocycles. The fourth-order valence-electron chi connectivity index (χ4n) is 2.18. The summed E-state index contributed by atoms with van der Waals surface area (Å²) in [6.07, 6.45) is 3.75. The van der Waals surface area contributed by atoms with E-state index in [-0.39, 0.29) is 5.41 Å². The number of nitrogens with one attached hydrogen (secondary N) is 1. The molecule has 0 saturated carbocycles. The van der Waals surface area contributed by atoms with Crippen LogP contribution in [0, 0.1) is 0 Å². The predicted molar refractivity (Wildman–Crippen MR) is 83.3 cm³/mol. The molecule has 0 aliphatic heterocycles. The Morgan fingerprint density at radius 2 is 1.80 bits per heavy atom. The molecule has 20 heavy (non-hydrogen) atoms. The molecule has 2 aromatic rings. The molecule has 3 N–H and O–H groups in total. The molecule has 0 bridgehead atoms. The first-order valence-electron chi connectivity index (χ1n) is 7.01. The minimum atomic E-state index is 0.0749. The van der Waals surface area contributed by atoms with Crippen molar-refractivity contribution < 1.29 is 0 Å². The van der Waals surface area contributed by atoms with Gasteiger partial charge in [0.15, 0.2) is 0 Å². The molecule has 1 heterocycles. The second kappa shape index (κ2) is 6.64. The second-order valence-corrected chi connectivity index (χ2v) is 5.75. The van der Waals surface area contributed by atoms with E-state index in [1.165, 1.54) is 16.7 Å². The summed E-state index contributed by atoms with van der Waals surface area (Å²) < 4.78 is 0. The monoisotopic (exact) mass is 269 g/mol. The van der Waals surface area contributed by atoms with Gasteiger partial charge in [0.25, 0.3) is 0 Å². The van der Waals surface area contributed by atoms with Crippen LogP contribution in [-0.4, -0.2) is 11.5 Å². The normalized spacial score (nSPS) is 11.6. The van der Waals surface area contributed by atoms with E-state index in [0.717, 1.165) is 13.1 Å². The minimum Gasteiger partial charge on any atom is -0.326 e. The van der Waals surface area contributed by atoms with Gasteiger partial charge in [0, 0.05) is 37.4 Å². The van der Waals surface area contributed by atoms with Gasteiger partial charge in [0.1, 0.15) is 0 Å². The molecule has 0 saturated heterocycles. The highest BCUT2D eigenvalue weighted by atomic mass is 14.9. The summed E-state index contributed by atoms with van der Waals surface area (Å²) in [6, 6.07) is 12.6. The maximum absolute atomic E-state index is 5.60. The lowest BCUT2D eigenvalue weighted by molar-refractivity contribution is 0.467. The third-order valence-electron chi connectivity index (χ3n) is 3.60. The molecule has 0 amide bonds. The molecule has 3 nitrogen and oxygen atoms in total. The average molecular weight is 269 g/mol. The van der Waals surface area contributed by atoms with E-state index in [4.69, 9.17) is 5.73 Å². The fourth-order valence-corrected chi connectivity index (χ4v) is 2.18. The highest BCUT2D eigenvalue weighted by Gasteiger charge is 2.19. The highest BCUT2D eigenvalue weighted by molar-refractivity contribution is 5.23. The van der Waals surface area contributed by atoms with Crippen LogP contribution in [-0.2, 0) is 18.5 Å². The van der Waals surface area contributed by atoms with Crippen molar-refractivity contribution in [2.45, 2.75) is 32.4 Å². The zero-order chi connectivity index (χ0) is 14.4. The Kier molecular flexibility index (Phi) is 4.88. The lowest BCUT2D eigenvalue weighted by atomic mass is 9.85. The van der Waals surface area contributed by atoms with Gasteiger partial charge in [-0.05, 0) is 22.8 Å². The van der Waals surface area contributed by atoms with Gasteiger partial charge in [-0.2, -0.15) is 0 Å². The number of nitrogens with two attached hydrogens (primary N) is 1. The number of aromatic nitrogens is 1. The zero-order valence-corrected chi connectivity index (χ0v) is 12.3. The largest absolute Gasteiger partial charge is 0.326 e. The highest BCUT2D eigenvalue weighted by Crippen LogP contribution is 2.21. The molecule has 0 spiro atoms. The van der Waals surface area contributed by atoms with Gasteiger partial charge in [-0.3, -0.25) is 4.98 Å². The molecular formula is C17H23N3. The first-order chi connectivity index (χ1) is 9.62. The van der Waals surface area contributed by atoms with E-state index in [9.17, 15) is 0 Å².